The second-order valence-corrected chi connectivity index (χ2v) is 12.5. The van der Waals surface area contributed by atoms with E-state index < -0.39 is 28.5 Å². The van der Waals surface area contributed by atoms with Crippen molar-refractivity contribution in [1.82, 2.24) is 10.2 Å². The summed E-state index contributed by atoms with van der Waals surface area (Å²) < 4.78 is 34.5. The summed E-state index contributed by atoms with van der Waals surface area (Å²) in [6, 6.07) is 17.6. The Morgan fingerprint density at radius 3 is 2.29 bits per heavy atom. The first-order valence-electron chi connectivity index (χ1n) is 13.5. The number of amides is 2. The zero-order chi connectivity index (χ0) is 30.3. The minimum atomic E-state index is -4.19. The number of hydrogen-bond acceptors (Lipinski definition) is 5. The highest BCUT2D eigenvalue weighted by molar-refractivity contribution is 7.92. The number of benzene rings is 3. The third kappa shape index (κ3) is 8.01. The second-order valence-electron chi connectivity index (χ2n) is 10.2. The lowest BCUT2D eigenvalue weighted by molar-refractivity contribution is -0.140. The van der Waals surface area contributed by atoms with Gasteiger partial charge in [-0.1, -0.05) is 54.4 Å². The van der Waals surface area contributed by atoms with E-state index in [-0.39, 0.29) is 29.1 Å². The van der Waals surface area contributed by atoms with Crippen molar-refractivity contribution in [2.75, 3.05) is 18.0 Å². The lowest BCUT2D eigenvalue weighted by Crippen LogP contribution is -2.53. The van der Waals surface area contributed by atoms with Crippen LogP contribution in [-0.4, -0.2) is 50.9 Å². The van der Waals surface area contributed by atoms with E-state index in [0.29, 0.717) is 22.8 Å². The highest BCUT2D eigenvalue weighted by Crippen LogP contribution is 2.30. The number of methoxy groups -OCH3 is 1. The molecule has 41 heavy (non-hydrogen) atoms. The normalized spacial score (nSPS) is 12.1. The van der Waals surface area contributed by atoms with Crippen LogP contribution in [-0.2, 0) is 26.2 Å². The van der Waals surface area contributed by atoms with Crippen LogP contribution in [0.4, 0.5) is 5.69 Å². The number of aryl methyl sites for hydroxylation is 2. The van der Waals surface area contributed by atoms with Crippen molar-refractivity contribution in [1.29, 1.82) is 0 Å². The fraction of sp³-hybridized carbons (Fsp3) is 0.355. The predicted octanol–water partition coefficient (Wildman–Crippen LogP) is 5.49. The van der Waals surface area contributed by atoms with E-state index >= 15 is 0 Å². The molecule has 0 radical (unpaired) electrons. The van der Waals surface area contributed by atoms with E-state index in [1.807, 2.05) is 33.8 Å². The maximum absolute atomic E-state index is 14.2. The number of nitrogens with zero attached hydrogens (tertiary/aromatic N) is 2. The van der Waals surface area contributed by atoms with Gasteiger partial charge >= 0.3 is 0 Å². The van der Waals surface area contributed by atoms with Gasteiger partial charge in [0.15, 0.2) is 0 Å². The number of ether oxygens (including phenoxy) is 1. The number of sulfonamides is 1. The van der Waals surface area contributed by atoms with Gasteiger partial charge in [0.05, 0.1) is 17.7 Å². The molecule has 0 aromatic heterocycles. The molecule has 0 heterocycles. The van der Waals surface area contributed by atoms with E-state index in [2.05, 4.69) is 5.32 Å². The molecule has 3 rings (SSSR count). The number of nitrogens with one attached hydrogen (secondary N) is 1. The van der Waals surface area contributed by atoms with Crippen LogP contribution in [0, 0.1) is 13.8 Å². The van der Waals surface area contributed by atoms with Gasteiger partial charge in [0.1, 0.15) is 18.3 Å². The van der Waals surface area contributed by atoms with Gasteiger partial charge in [0.25, 0.3) is 10.0 Å². The maximum atomic E-state index is 14.2. The van der Waals surface area contributed by atoms with Crippen molar-refractivity contribution in [2.24, 2.45) is 0 Å². The molecule has 0 aliphatic heterocycles. The number of halogens is 1. The van der Waals surface area contributed by atoms with Crippen LogP contribution < -0.4 is 14.4 Å². The summed E-state index contributed by atoms with van der Waals surface area (Å²) in [5.41, 5.74) is 2.55. The van der Waals surface area contributed by atoms with E-state index in [1.54, 1.807) is 56.5 Å². The molecule has 0 fully saturated rings. The van der Waals surface area contributed by atoms with Gasteiger partial charge in [-0.25, -0.2) is 8.42 Å². The van der Waals surface area contributed by atoms with Crippen molar-refractivity contribution in [2.45, 2.75) is 64.6 Å². The Hall–Kier alpha value is -3.56. The van der Waals surface area contributed by atoms with Gasteiger partial charge in [-0.15, -0.1) is 0 Å². The fourth-order valence-corrected chi connectivity index (χ4v) is 6.11. The topological polar surface area (TPSA) is 96.0 Å². The smallest absolute Gasteiger partial charge is 0.264 e. The lowest BCUT2D eigenvalue weighted by Gasteiger charge is -2.34. The molecule has 0 aliphatic carbocycles. The summed E-state index contributed by atoms with van der Waals surface area (Å²) in [5.74, 6) is -0.244. The van der Waals surface area contributed by atoms with Crippen LogP contribution in [0.1, 0.15) is 43.9 Å². The lowest BCUT2D eigenvalue weighted by atomic mass is 10.1. The molecule has 0 aliphatic rings. The maximum Gasteiger partial charge on any atom is 0.264 e. The zero-order valence-corrected chi connectivity index (χ0v) is 25.9. The van der Waals surface area contributed by atoms with Gasteiger partial charge in [-0.05, 0) is 81.6 Å². The monoisotopic (exact) mass is 599 g/mol. The summed E-state index contributed by atoms with van der Waals surface area (Å²) in [4.78, 5) is 28.9. The van der Waals surface area contributed by atoms with E-state index in [1.165, 1.54) is 23.1 Å². The summed E-state index contributed by atoms with van der Waals surface area (Å²) in [7, 11) is -2.64. The minimum Gasteiger partial charge on any atom is -0.497 e. The first-order chi connectivity index (χ1) is 19.4. The highest BCUT2D eigenvalue weighted by atomic mass is 35.5. The third-order valence-corrected chi connectivity index (χ3v) is 8.64. The molecule has 0 saturated carbocycles. The second kappa shape index (κ2) is 13.9. The predicted molar refractivity (Wildman–Crippen MR) is 163 cm³/mol. The molecule has 1 N–H and O–H groups in total. The quantitative estimate of drug-likeness (QED) is 0.297. The first-order valence-corrected chi connectivity index (χ1v) is 15.3. The minimum absolute atomic E-state index is 0.0409. The molecule has 3 aromatic rings. The first kappa shape index (κ1) is 32.0. The zero-order valence-electron chi connectivity index (χ0n) is 24.3. The van der Waals surface area contributed by atoms with Gasteiger partial charge in [0, 0.05) is 17.6 Å². The molecule has 2 amide bonds. The SMILES string of the molecule is CC[C@H](C(=O)NC(C)C)N(Cc1cccc(OC)c1)C(=O)CN(c1cc(Cl)ccc1C)S(=O)(=O)c1ccc(C)cc1. The molecule has 3 aromatic carbocycles. The van der Waals surface area contributed by atoms with Crippen LogP contribution in [0.25, 0.3) is 0 Å². The summed E-state index contributed by atoms with van der Waals surface area (Å²) in [6.45, 7) is 8.67. The average molecular weight is 600 g/mol. The van der Waals surface area contributed by atoms with Crippen molar-refractivity contribution in [3.63, 3.8) is 0 Å². The standard InChI is InChI=1S/C31H38ClN3O5S/c1-7-28(31(37)33-21(2)3)34(19-24-9-8-10-26(17-24)40-6)30(36)20-35(29-18-25(32)14-13-23(29)5)41(38,39)27-15-11-22(4)12-16-27/h8-18,21,28H,7,19-20H2,1-6H3,(H,33,37)/t28-/m1/s1. The van der Waals surface area contributed by atoms with Gasteiger partial charge < -0.3 is 15.0 Å². The fourth-order valence-electron chi connectivity index (χ4n) is 4.47. The third-order valence-electron chi connectivity index (χ3n) is 6.63. The van der Waals surface area contributed by atoms with Crippen molar-refractivity contribution in [3.05, 3.63) is 88.4 Å². The number of carbonyl (C=O) groups is 2. The molecular formula is C31H38ClN3O5S. The Labute approximate surface area is 248 Å². The highest BCUT2D eigenvalue weighted by Gasteiger charge is 2.34. The number of hydrogen-bond donors (Lipinski definition) is 1. The average Bonchev–Trinajstić information content (AvgIpc) is 2.92. The molecule has 8 nitrogen and oxygen atoms in total. The summed E-state index contributed by atoms with van der Waals surface area (Å²) in [6.07, 6.45) is 0.329. The van der Waals surface area contributed by atoms with Crippen molar-refractivity contribution >= 4 is 39.1 Å². The Bertz CT molecular complexity index is 1480. The molecule has 220 valence electrons. The Morgan fingerprint density at radius 2 is 1.68 bits per heavy atom. The van der Waals surface area contributed by atoms with E-state index in [4.69, 9.17) is 16.3 Å². The van der Waals surface area contributed by atoms with Crippen LogP contribution >= 0.6 is 11.6 Å². The summed E-state index contributed by atoms with van der Waals surface area (Å²) >= 11 is 6.29. The Morgan fingerprint density at radius 1 is 1.00 bits per heavy atom. The number of anilines is 1. The largest absolute Gasteiger partial charge is 0.497 e. The van der Waals surface area contributed by atoms with Crippen molar-refractivity contribution in [3.8, 4) is 5.75 Å². The van der Waals surface area contributed by atoms with Crippen molar-refractivity contribution < 1.29 is 22.7 Å². The molecule has 1 atom stereocenters. The van der Waals surface area contributed by atoms with Crippen LogP contribution in [0.2, 0.25) is 5.02 Å². The van der Waals surface area contributed by atoms with Crippen LogP contribution in [0.15, 0.2) is 71.6 Å². The van der Waals surface area contributed by atoms with Gasteiger partial charge in [-0.2, -0.15) is 0 Å². The Balaban J connectivity index is 2.11. The number of carbonyl (C=O) groups excluding carboxylic acids is 2. The molecule has 0 bridgehead atoms. The molecular weight excluding hydrogens is 562 g/mol. The number of rotatable bonds is 12. The van der Waals surface area contributed by atoms with E-state index in [9.17, 15) is 18.0 Å². The van der Waals surface area contributed by atoms with Crippen LogP contribution in [0.5, 0.6) is 5.75 Å². The molecule has 10 heteroatoms. The van der Waals surface area contributed by atoms with Gasteiger partial charge in [0.2, 0.25) is 11.8 Å². The van der Waals surface area contributed by atoms with Crippen LogP contribution in [0.3, 0.4) is 0 Å². The summed E-state index contributed by atoms with van der Waals surface area (Å²) in [5, 5.41) is 3.23. The van der Waals surface area contributed by atoms with E-state index in [0.717, 1.165) is 15.4 Å². The molecule has 0 saturated heterocycles. The Kier molecular flexibility index (Phi) is 10.8. The van der Waals surface area contributed by atoms with Gasteiger partial charge in [-0.3, -0.25) is 13.9 Å². The molecule has 0 spiro atoms. The molecule has 0 unspecified atom stereocenters.